The molecule has 0 radical (unpaired) electrons. The summed E-state index contributed by atoms with van der Waals surface area (Å²) in [5, 5.41) is 3.89. The van der Waals surface area contributed by atoms with Gasteiger partial charge >= 0.3 is 0 Å². The number of hydrogen-bond acceptors (Lipinski definition) is 3. The Hall–Kier alpha value is -2.88. The molecule has 0 bridgehead atoms. The number of rotatable bonds is 3. The molecule has 4 heteroatoms. The third-order valence-electron chi connectivity index (χ3n) is 5.00. The van der Waals surface area contributed by atoms with E-state index in [1.54, 1.807) is 0 Å². The molecule has 1 saturated heterocycles. The molecule has 0 saturated carbocycles. The van der Waals surface area contributed by atoms with Crippen molar-refractivity contribution in [3.8, 4) is 0 Å². The second-order valence-electron chi connectivity index (χ2n) is 7.17. The summed E-state index contributed by atoms with van der Waals surface area (Å²) >= 11 is 0. The van der Waals surface area contributed by atoms with Crippen LogP contribution in [0.5, 0.6) is 0 Å². The number of aryl methyl sites for hydroxylation is 1. The average molecular weight is 345 g/mol. The zero-order valence-electron chi connectivity index (χ0n) is 15.2. The summed E-state index contributed by atoms with van der Waals surface area (Å²) in [6, 6.07) is 17.7. The first-order valence-corrected chi connectivity index (χ1v) is 9.13. The molecule has 1 unspecified atom stereocenters. The smallest absolute Gasteiger partial charge is 0.256 e. The Morgan fingerprint density at radius 2 is 1.92 bits per heavy atom. The monoisotopic (exact) mass is 345 g/mol. The van der Waals surface area contributed by atoms with Gasteiger partial charge in [0.2, 0.25) is 0 Å². The minimum absolute atomic E-state index is 0.103. The van der Waals surface area contributed by atoms with E-state index in [0.717, 1.165) is 41.3 Å². The summed E-state index contributed by atoms with van der Waals surface area (Å²) in [5.74, 6) is 0.645. The lowest BCUT2D eigenvalue weighted by atomic mass is 10.1. The quantitative estimate of drug-likeness (QED) is 0.752. The van der Waals surface area contributed by atoms with E-state index < -0.39 is 0 Å². The number of nitrogens with one attached hydrogen (secondary N) is 1. The van der Waals surface area contributed by atoms with Gasteiger partial charge in [0.1, 0.15) is 0 Å². The Morgan fingerprint density at radius 3 is 2.65 bits per heavy atom. The Balaban J connectivity index is 1.55. The molecule has 1 amide bonds. The molecule has 4 nitrogen and oxygen atoms in total. The standard InChI is InChI=1S/C22H23N3O/c1-15-11-12-25(14-15)18-9-7-17(8-10-18)24-22(26)20-13-16(2)23-21-6-4-3-5-19(20)21/h3-10,13,15H,11-12,14H2,1-2H3,(H,24,26). The predicted molar refractivity (Wildman–Crippen MR) is 107 cm³/mol. The third-order valence-corrected chi connectivity index (χ3v) is 5.00. The van der Waals surface area contributed by atoms with Crippen molar-refractivity contribution in [1.82, 2.24) is 4.98 Å². The summed E-state index contributed by atoms with van der Waals surface area (Å²) < 4.78 is 0. The van der Waals surface area contributed by atoms with Gasteiger partial charge in [-0.1, -0.05) is 25.1 Å². The fourth-order valence-corrected chi connectivity index (χ4v) is 3.62. The molecule has 132 valence electrons. The van der Waals surface area contributed by atoms with Gasteiger partial charge in [-0.15, -0.1) is 0 Å². The van der Waals surface area contributed by atoms with Crippen molar-refractivity contribution in [1.29, 1.82) is 0 Å². The van der Waals surface area contributed by atoms with E-state index in [4.69, 9.17) is 0 Å². The van der Waals surface area contributed by atoms with Crippen LogP contribution in [0.4, 0.5) is 11.4 Å². The highest BCUT2D eigenvalue weighted by Crippen LogP contribution is 2.25. The third kappa shape index (κ3) is 3.27. The van der Waals surface area contributed by atoms with Gasteiger partial charge in [-0.2, -0.15) is 0 Å². The van der Waals surface area contributed by atoms with E-state index in [9.17, 15) is 4.79 Å². The van der Waals surface area contributed by atoms with Crippen LogP contribution in [-0.4, -0.2) is 24.0 Å². The summed E-state index contributed by atoms with van der Waals surface area (Å²) in [4.78, 5) is 19.7. The summed E-state index contributed by atoms with van der Waals surface area (Å²) in [5.41, 5.74) is 4.37. The summed E-state index contributed by atoms with van der Waals surface area (Å²) in [7, 11) is 0. The summed E-state index contributed by atoms with van der Waals surface area (Å²) in [6.07, 6.45) is 1.24. The Bertz CT molecular complexity index is 949. The first kappa shape index (κ1) is 16.6. The Labute approximate surface area is 153 Å². The van der Waals surface area contributed by atoms with Crippen molar-refractivity contribution < 1.29 is 4.79 Å². The largest absolute Gasteiger partial charge is 0.371 e. The van der Waals surface area contributed by atoms with Gasteiger partial charge in [-0.25, -0.2) is 0 Å². The number of benzene rings is 2. The van der Waals surface area contributed by atoms with Gasteiger partial charge in [0.15, 0.2) is 0 Å². The molecule has 1 fully saturated rings. The number of fused-ring (bicyclic) bond motifs is 1. The van der Waals surface area contributed by atoms with Crippen LogP contribution in [0.2, 0.25) is 0 Å². The zero-order chi connectivity index (χ0) is 18.1. The van der Waals surface area contributed by atoms with Crippen LogP contribution in [-0.2, 0) is 0 Å². The number of anilines is 2. The van der Waals surface area contributed by atoms with Gasteiger partial charge in [0.25, 0.3) is 5.91 Å². The first-order chi connectivity index (χ1) is 12.6. The lowest BCUT2D eigenvalue weighted by Gasteiger charge is -2.18. The Kier molecular flexibility index (Phi) is 4.33. The van der Waals surface area contributed by atoms with Crippen molar-refractivity contribution in [3.63, 3.8) is 0 Å². The molecule has 2 aromatic carbocycles. The maximum Gasteiger partial charge on any atom is 0.256 e. The first-order valence-electron chi connectivity index (χ1n) is 9.13. The van der Waals surface area contributed by atoms with Crippen LogP contribution in [0.1, 0.15) is 29.4 Å². The molecular weight excluding hydrogens is 322 g/mol. The number of para-hydroxylation sites is 1. The molecule has 3 aromatic rings. The van der Waals surface area contributed by atoms with E-state index >= 15 is 0 Å². The molecule has 2 heterocycles. The highest BCUT2D eigenvalue weighted by atomic mass is 16.1. The highest BCUT2D eigenvalue weighted by Gasteiger charge is 2.19. The van der Waals surface area contributed by atoms with E-state index in [1.807, 2.05) is 49.4 Å². The van der Waals surface area contributed by atoms with Gasteiger partial charge in [0.05, 0.1) is 11.1 Å². The number of hydrogen-bond donors (Lipinski definition) is 1. The van der Waals surface area contributed by atoms with E-state index in [2.05, 4.69) is 34.3 Å². The zero-order valence-corrected chi connectivity index (χ0v) is 15.2. The van der Waals surface area contributed by atoms with Gasteiger partial charge < -0.3 is 10.2 Å². The van der Waals surface area contributed by atoms with Crippen LogP contribution in [0, 0.1) is 12.8 Å². The van der Waals surface area contributed by atoms with Crippen LogP contribution in [0.25, 0.3) is 10.9 Å². The van der Waals surface area contributed by atoms with Crippen molar-refractivity contribution in [3.05, 3.63) is 65.9 Å². The molecule has 4 rings (SSSR count). The number of carbonyl (C=O) groups excluding carboxylic acids is 1. The van der Waals surface area contributed by atoms with Crippen molar-refractivity contribution in [2.75, 3.05) is 23.3 Å². The maximum atomic E-state index is 12.8. The van der Waals surface area contributed by atoms with Crippen LogP contribution in [0.3, 0.4) is 0 Å². The highest BCUT2D eigenvalue weighted by molar-refractivity contribution is 6.12. The van der Waals surface area contributed by atoms with Crippen molar-refractivity contribution >= 4 is 28.2 Å². The lowest BCUT2D eigenvalue weighted by Crippen LogP contribution is -2.19. The molecular formula is C22H23N3O. The van der Waals surface area contributed by atoms with Gasteiger partial charge in [0, 0.05) is 35.5 Å². The topological polar surface area (TPSA) is 45.2 Å². The van der Waals surface area contributed by atoms with E-state index in [0.29, 0.717) is 5.56 Å². The molecule has 1 aromatic heterocycles. The number of aromatic nitrogens is 1. The average Bonchev–Trinajstić information content (AvgIpc) is 3.08. The number of pyridine rings is 1. The van der Waals surface area contributed by atoms with Crippen LogP contribution in [0.15, 0.2) is 54.6 Å². The second-order valence-corrected chi connectivity index (χ2v) is 7.17. The van der Waals surface area contributed by atoms with Crippen LogP contribution < -0.4 is 10.2 Å². The molecule has 1 aliphatic rings. The lowest BCUT2D eigenvalue weighted by molar-refractivity contribution is 0.102. The molecule has 1 atom stereocenters. The fourth-order valence-electron chi connectivity index (χ4n) is 3.62. The van der Waals surface area contributed by atoms with Crippen molar-refractivity contribution in [2.45, 2.75) is 20.3 Å². The molecule has 26 heavy (non-hydrogen) atoms. The van der Waals surface area contributed by atoms with Crippen LogP contribution >= 0.6 is 0 Å². The second kappa shape index (κ2) is 6.79. The van der Waals surface area contributed by atoms with E-state index in [1.165, 1.54) is 12.1 Å². The minimum atomic E-state index is -0.103. The minimum Gasteiger partial charge on any atom is -0.371 e. The molecule has 1 N–H and O–H groups in total. The van der Waals surface area contributed by atoms with Gasteiger partial charge in [-0.3, -0.25) is 9.78 Å². The molecule has 0 spiro atoms. The van der Waals surface area contributed by atoms with E-state index in [-0.39, 0.29) is 5.91 Å². The Morgan fingerprint density at radius 1 is 1.15 bits per heavy atom. The predicted octanol–water partition coefficient (Wildman–Crippen LogP) is 4.64. The molecule has 1 aliphatic heterocycles. The SMILES string of the molecule is Cc1cc(C(=O)Nc2ccc(N3CCC(C)C3)cc2)c2ccccc2n1. The maximum absolute atomic E-state index is 12.8. The van der Waals surface area contributed by atoms with Gasteiger partial charge in [-0.05, 0) is 55.7 Å². The molecule has 0 aliphatic carbocycles. The van der Waals surface area contributed by atoms with Crippen molar-refractivity contribution in [2.24, 2.45) is 5.92 Å². The summed E-state index contributed by atoms with van der Waals surface area (Å²) in [6.45, 7) is 6.41. The number of nitrogens with zero attached hydrogens (tertiary/aromatic N) is 2. The normalized spacial score (nSPS) is 16.8. The number of amides is 1. The number of carbonyl (C=O) groups is 1. The fraction of sp³-hybridized carbons (Fsp3) is 0.273.